The van der Waals surface area contributed by atoms with Crippen molar-refractivity contribution in [2.45, 2.75) is 60.5 Å². The van der Waals surface area contributed by atoms with Gasteiger partial charge in [0.05, 0.1) is 0 Å². The van der Waals surface area contributed by atoms with Crippen molar-refractivity contribution in [3.8, 4) is 0 Å². The predicted octanol–water partition coefficient (Wildman–Crippen LogP) is 3.67. The number of Topliss-reactive ketones (excluding diaryl/α,β-unsaturated/α-hetero) is 1. The van der Waals surface area contributed by atoms with Gasteiger partial charge in [0, 0.05) is 23.5 Å². The summed E-state index contributed by atoms with van der Waals surface area (Å²) in [6, 6.07) is 0. The highest BCUT2D eigenvalue weighted by atomic mass is 16.4. The Morgan fingerprint density at radius 1 is 1.26 bits per heavy atom. The minimum atomic E-state index is -1.29. The van der Waals surface area contributed by atoms with Gasteiger partial charge >= 0.3 is 5.97 Å². The van der Waals surface area contributed by atoms with Gasteiger partial charge < -0.3 is 10.2 Å². The summed E-state index contributed by atoms with van der Waals surface area (Å²) in [6.45, 7) is 13.0. The molecule has 0 spiro atoms. The lowest BCUT2D eigenvalue weighted by atomic mass is 9.59. The van der Waals surface area contributed by atoms with Gasteiger partial charge in [0.1, 0.15) is 5.60 Å². The first-order valence-corrected chi connectivity index (χ1v) is 7.80. The number of ketones is 1. The highest BCUT2D eigenvalue weighted by molar-refractivity contribution is 5.99. The Bertz CT molecular complexity index is 612. The van der Waals surface area contributed by atoms with Gasteiger partial charge in [-0.05, 0) is 36.5 Å². The summed E-state index contributed by atoms with van der Waals surface area (Å²) in [4.78, 5) is 23.3. The summed E-state index contributed by atoms with van der Waals surface area (Å²) >= 11 is 0. The second-order valence-electron chi connectivity index (χ2n) is 8.06. The Hall–Kier alpha value is -1.68. The fraction of sp³-hybridized carbons (Fsp3) is 0.579. The Labute approximate surface area is 138 Å². The number of rotatable bonds is 3. The number of carbonyl (C=O) groups is 2. The summed E-state index contributed by atoms with van der Waals surface area (Å²) in [5, 5.41) is 20.1. The van der Waals surface area contributed by atoms with Crippen LogP contribution in [0.4, 0.5) is 0 Å². The molecule has 1 aliphatic carbocycles. The van der Waals surface area contributed by atoms with Gasteiger partial charge in [-0.25, -0.2) is 4.79 Å². The smallest absolute Gasteiger partial charge is 0.328 e. The molecule has 4 heteroatoms. The van der Waals surface area contributed by atoms with Gasteiger partial charge in [0.25, 0.3) is 0 Å². The number of hydrogen-bond donors (Lipinski definition) is 2. The zero-order valence-corrected chi connectivity index (χ0v) is 15.2. The average molecular weight is 320 g/mol. The third-order valence-electron chi connectivity index (χ3n) is 4.55. The van der Waals surface area contributed by atoms with Crippen LogP contribution in [0, 0.1) is 10.8 Å². The van der Waals surface area contributed by atoms with Crippen LogP contribution in [0.1, 0.15) is 54.9 Å². The lowest BCUT2D eigenvalue weighted by Gasteiger charge is -2.47. The minimum absolute atomic E-state index is 0.0656. The molecule has 1 atom stereocenters. The monoisotopic (exact) mass is 320 g/mol. The van der Waals surface area contributed by atoms with E-state index in [2.05, 4.69) is 0 Å². The van der Waals surface area contributed by atoms with Crippen molar-refractivity contribution in [2.75, 3.05) is 0 Å². The molecule has 0 saturated carbocycles. The normalized spacial score (nSPS) is 26.1. The topological polar surface area (TPSA) is 74.6 Å². The van der Waals surface area contributed by atoms with E-state index in [4.69, 9.17) is 5.11 Å². The zero-order chi connectivity index (χ0) is 18.2. The average Bonchev–Trinajstić information content (AvgIpc) is 2.30. The third kappa shape index (κ3) is 3.81. The van der Waals surface area contributed by atoms with Gasteiger partial charge in [0.15, 0.2) is 5.78 Å². The summed E-state index contributed by atoms with van der Waals surface area (Å²) in [5.41, 5.74) is -0.482. The highest BCUT2D eigenvalue weighted by Crippen LogP contribution is 2.49. The first-order chi connectivity index (χ1) is 10.2. The number of carboxylic acids is 1. The maximum absolute atomic E-state index is 12.6. The van der Waals surface area contributed by atoms with Crippen molar-refractivity contribution in [3.05, 3.63) is 34.9 Å². The van der Waals surface area contributed by atoms with Crippen LogP contribution in [-0.4, -0.2) is 27.6 Å². The lowest BCUT2D eigenvalue weighted by molar-refractivity contribution is -0.131. The zero-order valence-electron chi connectivity index (χ0n) is 15.2. The van der Waals surface area contributed by atoms with Gasteiger partial charge in [-0.3, -0.25) is 4.79 Å². The molecule has 0 aromatic heterocycles. The molecule has 0 amide bonds. The van der Waals surface area contributed by atoms with Crippen LogP contribution in [0.25, 0.3) is 0 Å². The molecule has 1 aliphatic rings. The summed E-state index contributed by atoms with van der Waals surface area (Å²) in [5.74, 6) is -0.962. The maximum atomic E-state index is 12.6. The van der Waals surface area contributed by atoms with Crippen molar-refractivity contribution in [3.63, 3.8) is 0 Å². The van der Waals surface area contributed by atoms with E-state index in [1.165, 1.54) is 0 Å². The van der Waals surface area contributed by atoms with Crippen molar-refractivity contribution < 1.29 is 19.8 Å². The minimum Gasteiger partial charge on any atom is -0.478 e. The number of carboxylic acid groups (broad SMARTS) is 1. The van der Waals surface area contributed by atoms with E-state index in [1.807, 2.05) is 34.6 Å². The maximum Gasteiger partial charge on any atom is 0.328 e. The largest absolute Gasteiger partial charge is 0.478 e. The number of allylic oxidation sites excluding steroid dienone is 3. The molecule has 23 heavy (non-hydrogen) atoms. The van der Waals surface area contributed by atoms with Crippen LogP contribution < -0.4 is 0 Å². The Balaban J connectivity index is 3.50. The van der Waals surface area contributed by atoms with E-state index in [0.29, 0.717) is 16.7 Å². The number of aliphatic hydroxyl groups is 1. The molecule has 1 rings (SSSR count). The molecule has 0 aliphatic heterocycles. The first kappa shape index (κ1) is 19.4. The van der Waals surface area contributed by atoms with Crippen LogP contribution in [0.3, 0.4) is 0 Å². The fourth-order valence-electron chi connectivity index (χ4n) is 3.36. The second-order valence-corrected chi connectivity index (χ2v) is 8.06. The van der Waals surface area contributed by atoms with E-state index in [9.17, 15) is 14.7 Å². The van der Waals surface area contributed by atoms with Crippen LogP contribution >= 0.6 is 0 Å². The van der Waals surface area contributed by atoms with Crippen LogP contribution in [0.5, 0.6) is 0 Å². The molecule has 0 radical (unpaired) electrons. The third-order valence-corrected chi connectivity index (χ3v) is 4.55. The lowest BCUT2D eigenvalue weighted by Crippen LogP contribution is -2.50. The molecule has 128 valence electrons. The Morgan fingerprint density at radius 3 is 2.22 bits per heavy atom. The number of carbonyl (C=O) groups excluding carboxylic acids is 1. The van der Waals surface area contributed by atoms with Gasteiger partial charge in [0.2, 0.25) is 0 Å². The molecule has 0 aromatic carbocycles. The summed E-state index contributed by atoms with van der Waals surface area (Å²) < 4.78 is 0. The van der Waals surface area contributed by atoms with Crippen molar-refractivity contribution in [1.82, 2.24) is 0 Å². The molecular formula is C19H28O4. The van der Waals surface area contributed by atoms with Crippen molar-refractivity contribution in [1.29, 1.82) is 0 Å². The molecule has 0 saturated heterocycles. The quantitative estimate of drug-likeness (QED) is 0.614. The predicted molar refractivity (Wildman–Crippen MR) is 91.0 cm³/mol. The molecule has 1 unspecified atom stereocenters. The first-order valence-electron chi connectivity index (χ1n) is 7.80. The Morgan fingerprint density at radius 2 is 1.78 bits per heavy atom. The molecule has 0 aromatic rings. The van der Waals surface area contributed by atoms with E-state index >= 15 is 0 Å². The molecule has 2 N–H and O–H groups in total. The van der Waals surface area contributed by atoms with Crippen LogP contribution in [0.15, 0.2) is 34.9 Å². The van der Waals surface area contributed by atoms with Crippen LogP contribution in [-0.2, 0) is 9.59 Å². The SMILES string of the molecule is CC(C=CC1(O)C(C)=C(C(C)(C)C)C(=O)CC1(C)C)=CC(=O)O. The van der Waals surface area contributed by atoms with E-state index in [0.717, 1.165) is 6.08 Å². The van der Waals surface area contributed by atoms with Gasteiger partial charge in [-0.1, -0.05) is 40.7 Å². The highest BCUT2D eigenvalue weighted by Gasteiger charge is 2.51. The van der Waals surface area contributed by atoms with Crippen molar-refractivity contribution >= 4 is 11.8 Å². The van der Waals surface area contributed by atoms with Crippen LogP contribution in [0.2, 0.25) is 0 Å². The van der Waals surface area contributed by atoms with E-state index in [-0.39, 0.29) is 17.6 Å². The second kappa shape index (κ2) is 6.08. The number of aliphatic carboxylic acids is 1. The van der Waals surface area contributed by atoms with E-state index in [1.54, 1.807) is 26.0 Å². The molecular weight excluding hydrogens is 292 g/mol. The molecule has 0 bridgehead atoms. The molecule has 0 fully saturated rings. The fourth-order valence-corrected chi connectivity index (χ4v) is 3.36. The van der Waals surface area contributed by atoms with Gasteiger partial charge in [-0.15, -0.1) is 0 Å². The summed E-state index contributed by atoms with van der Waals surface area (Å²) in [7, 11) is 0. The molecule has 0 heterocycles. The van der Waals surface area contributed by atoms with E-state index < -0.39 is 17.0 Å². The van der Waals surface area contributed by atoms with Crippen molar-refractivity contribution in [2.24, 2.45) is 10.8 Å². The number of hydrogen-bond acceptors (Lipinski definition) is 3. The standard InChI is InChI=1S/C19H28O4/c1-12(10-15(21)22)8-9-19(23)13(2)16(17(3,4)5)14(20)11-18(19,6)7/h8-10,23H,11H2,1-7H3,(H,21,22). The molecule has 4 nitrogen and oxygen atoms in total. The summed E-state index contributed by atoms with van der Waals surface area (Å²) in [6.07, 6.45) is 4.56. The van der Waals surface area contributed by atoms with Gasteiger partial charge in [-0.2, -0.15) is 0 Å². The Kier molecular flexibility index (Phi) is 5.12.